The molecule has 2 heterocycles. The van der Waals surface area contributed by atoms with Gasteiger partial charge in [-0.2, -0.15) is 0 Å². The highest BCUT2D eigenvalue weighted by molar-refractivity contribution is 5.98. The Kier molecular flexibility index (Phi) is 5.47. The van der Waals surface area contributed by atoms with Crippen molar-refractivity contribution in [3.63, 3.8) is 0 Å². The molecule has 0 aliphatic carbocycles. The molecule has 4 rings (SSSR count). The largest absolute Gasteiger partial charge is 0.497 e. The van der Waals surface area contributed by atoms with Gasteiger partial charge in [0.05, 0.1) is 12.8 Å². The van der Waals surface area contributed by atoms with Crippen LogP contribution in [0.4, 0.5) is 4.39 Å². The molecule has 2 aromatic heterocycles. The average Bonchev–Trinajstić information content (AvgIpc) is 3.24. The van der Waals surface area contributed by atoms with Crippen LogP contribution in [-0.4, -0.2) is 33.0 Å². The van der Waals surface area contributed by atoms with Gasteiger partial charge in [0.15, 0.2) is 5.69 Å². The van der Waals surface area contributed by atoms with Gasteiger partial charge in [0.2, 0.25) is 0 Å². The molecule has 8 heteroatoms. The van der Waals surface area contributed by atoms with E-state index >= 15 is 0 Å². The summed E-state index contributed by atoms with van der Waals surface area (Å²) in [5, 5.41) is 11.1. The highest BCUT2D eigenvalue weighted by Gasteiger charge is 2.22. The molecule has 0 spiro atoms. The Morgan fingerprint density at radius 3 is 2.70 bits per heavy atom. The van der Waals surface area contributed by atoms with E-state index < -0.39 is 0 Å². The number of hydrogen-bond acceptors (Lipinski definition) is 5. The lowest BCUT2D eigenvalue weighted by atomic mass is 10.1. The molecule has 0 aliphatic heterocycles. The summed E-state index contributed by atoms with van der Waals surface area (Å²) in [5.74, 6) is -0.0388. The minimum Gasteiger partial charge on any atom is -0.497 e. The van der Waals surface area contributed by atoms with Crippen molar-refractivity contribution in [1.29, 1.82) is 0 Å². The summed E-state index contributed by atoms with van der Waals surface area (Å²) in [6.45, 7) is 0.298. The number of methoxy groups -OCH3 is 1. The molecular weight excluding hydrogens is 385 g/mol. The van der Waals surface area contributed by atoms with Crippen molar-refractivity contribution in [2.24, 2.45) is 0 Å². The predicted octanol–water partition coefficient (Wildman–Crippen LogP) is 3.41. The summed E-state index contributed by atoms with van der Waals surface area (Å²) in [6.07, 6.45) is 3.26. The van der Waals surface area contributed by atoms with Gasteiger partial charge in [-0.15, -0.1) is 5.10 Å². The topological polar surface area (TPSA) is 81.9 Å². The SMILES string of the molecule is COc1cccc(CNC(=O)c2nnn(-c3ccc(F)cc3)c2-c2cccnc2)c1. The molecule has 0 bridgehead atoms. The molecule has 1 amide bonds. The molecule has 0 unspecified atom stereocenters. The maximum Gasteiger partial charge on any atom is 0.274 e. The lowest BCUT2D eigenvalue weighted by molar-refractivity contribution is 0.0946. The van der Waals surface area contributed by atoms with Crippen LogP contribution in [0.15, 0.2) is 73.1 Å². The standard InChI is InChI=1S/C22H18FN5O2/c1-30-19-6-2-4-15(12-19)13-25-22(29)20-21(16-5-3-11-24-14-16)28(27-26-20)18-9-7-17(23)8-10-18/h2-12,14H,13H2,1H3,(H,25,29). The zero-order valence-electron chi connectivity index (χ0n) is 16.1. The lowest BCUT2D eigenvalue weighted by Crippen LogP contribution is -2.24. The normalized spacial score (nSPS) is 10.6. The molecule has 1 N–H and O–H groups in total. The molecule has 0 radical (unpaired) electrons. The van der Waals surface area contributed by atoms with Crippen molar-refractivity contribution in [2.75, 3.05) is 7.11 Å². The molecule has 0 atom stereocenters. The third kappa shape index (κ3) is 4.02. The number of carbonyl (C=O) groups excluding carboxylic acids is 1. The van der Waals surface area contributed by atoms with Crippen molar-refractivity contribution in [2.45, 2.75) is 6.54 Å². The Morgan fingerprint density at radius 2 is 1.97 bits per heavy atom. The van der Waals surface area contributed by atoms with Gasteiger partial charge in [-0.25, -0.2) is 9.07 Å². The van der Waals surface area contributed by atoms with Crippen LogP contribution in [0.3, 0.4) is 0 Å². The molecular formula is C22H18FN5O2. The number of pyridine rings is 1. The van der Waals surface area contributed by atoms with Crippen LogP contribution in [-0.2, 0) is 6.54 Å². The zero-order valence-corrected chi connectivity index (χ0v) is 16.1. The third-order valence-corrected chi connectivity index (χ3v) is 4.48. The summed E-state index contributed by atoms with van der Waals surface area (Å²) < 4.78 is 20.1. The van der Waals surface area contributed by atoms with Crippen molar-refractivity contribution >= 4 is 5.91 Å². The number of benzene rings is 2. The second kappa shape index (κ2) is 8.52. The molecule has 2 aromatic carbocycles. The Labute approximate surface area is 172 Å². The van der Waals surface area contributed by atoms with Crippen molar-refractivity contribution < 1.29 is 13.9 Å². The fraction of sp³-hybridized carbons (Fsp3) is 0.0909. The zero-order chi connectivity index (χ0) is 20.9. The van der Waals surface area contributed by atoms with E-state index in [1.54, 1.807) is 37.7 Å². The Balaban J connectivity index is 1.67. The van der Waals surface area contributed by atoms with E-state index in [2.05, 4.69) is 20.6 Å². The maximum atomic E-state index is 13.3. The van der Waals surface area contributed by atoms with Gasteiger partial charge in [-0.1, -0.05) is 17.3 Å². The highest BCUT2D eigenvalue weighted by Crippen LogP contribution is 2.25. The van der Waals surface area contributed by atoms with Crippen molar-refractivity contribution in [3.8, 4) is 22.7 Å². The van der Waals surface area contributed by atoms with Gasteiger partial charge in [0.25, 0.3) is 5.91 Å². The lowest BCUT2D eigenvalue weighted by Gasteiger charge is -2.09. The second-order valence-electron chi connectivity index (χ2n) is 6.45. The summed E-state index contributed by atoms with van der Waals surface area (Å²) in [6, 6.07) is 16.8. The smallest absolute Gasteiger partial charge is 0.274 e. The predicted molar refractivity (Wildman–Crippen MR) is 109 cm³/mol. The maximum absolute atomic E-state index is 13.3. The second-order valence-corrected chi connectivity index (χ2v) is 6.45. The number of ether oxygens (including phenoxy) is 1. The van der Waals surface area contributed by atoms with Gasteiger partial charge in [0.1, 0.15) is 17.3 Å². The van der Waals surface area contributed by atoms with Crippen LogP contribution in [0, 0.1) is 5.82 Å². The molecule has 150 valence electrons. The summed E-state index contributed by atoms with van der Waals surface area (Å²) in [7, 11) is 1.59. The summed E-state index contributed by atoms with van der Waals surface area (Å²) in [5.41, 5.74) is 2.75. The van der Waals surface area contributed by atoms with E-state index in [0.29, 0.717) is 29.2 Å². The molecule has 0 saturated heterocycles. The first-order valence-electron chi connectivity index (χ1n) is 9.19. The molecule has 7 nitrogen and oxygen atoms in total. The van der Waals surface area contributed by atoms with Crippen LogP contribution in [0.5, 0.6) is 5.75 Å². The minimum absolute atomic E-state index is 0.148. The van der Waals surface area contributed by atoms with Crippen molar-refractivity contribution in [1.82, 2.24) is 25.3 Å². The molecule has 4 aromatic rings. The first kappa shape index (κ1) is 19.3. The minimum atomic E-state index is -0.384. The van der Waals surface area contributed by atoms with Crippen LogP contribution < -0.4 is 10.1 Å². The Bertz CT molecular complexity index is 1160. The van der Waals surface area contributed by atoms with Gasteiger partial charge < -0.3 is 10.1 Å². The van der Waals surface area contributed by atoms with E-state index in [9.17, 15) is 9.18 Å². The highest BCUT2D eigenvalue weighted by atomic mass is 19.1. The molecule has 0 saturated carbocycles. The Hall–Kier alpha value is -4.07. The van der Waals surface area contributed by atoms with Gasteiger partial charge in [-0.3, -0.25) is 9.78 Å². The van der Waals surface area contributed by atoms with E-state index in [0.717, 1.165) is 5.56 Å². The molecule has 30 heavy (non-hydrogen) atoms. The number of nitrogens with zero attached hydrogens (tertiary/aromatic N) is 4. The van der Waals surface area contributed by atoms with Crippen LogP contribution in [0.1, 0.15) is 16.1 Å². The van der Waals surface area contributed by atoms with Crippen LogP contribution in [0.25, 0.3) is 16.9 Å². The van der Waals surface area contributed by atoms with Gasteiger partial charge in [0, 0.05) is 24.5 Å². The van der Waals surface area contributed by atoms with E-state index in [4.69, 9.17) is 4.74 Å². The first-order chi connectivity index (χ1) is 14.7. The summed E-state index contributed by atoms with van der Waals surface area (Å²) in [4.78, 5) is 17.1. The van der Waals surface area contributed by atoms with Gasteiger partial charge in [-0.05, 0) is 54.1 Å². The monoisotopic (exact) mass is 403 g/mol. The van der Waals surface area contributed by atoms with E-state index in [1.165, 1.54) is 16.8 Å². The average molecular weight is 403 g/mol. The first-order valence-corrected chi connectivity index (χ1v) is 9.19. The fourth-order valence-electron chi connectivity index (χ4n) is 3.01. The fourth-order valence-corrected chi connectivity index (χ4v) is 3.01. The number of aromatic nitrogens is 4. The van der Waals surface area contributed by atoms with E-state index in [1.807, 2.05) is 30.3 Å². The number of rotatable bonds is 6. The van der Waals surface area contributed by atoms with E-state index in [-0.39, 0.29) is 17.4 Å². The number of amides is 1. The molecule has 0 fully saturated rings. The third-order valence-electron chi connectivity index (χ3n) is 4.48. The van der Waals surface area contributed by atoms with Crippen molar-refractivity contribution in [3.05, 3.63) is 90.1 Å². The Morgan fingerprint density at radius 1 is 1.13 bits per heavy atom. The van der Waals surface area contributed by atoms with Gasteiger partial charge >= 0.3 is 0 Å². The molecule has 0 aliphatic rings. The number of carbonyl (C=O) groups is 1. The van der Waals surface area contributed by atoms with Crippen LogP contribution in [0.2, 0.25) is 0 Å². The number of hydrogen-bond donors (Lipinski definition) is 1. The summed E-state index contributed by atoms with van der Waals surface area (Å²) >= 11 is 0. The quantitative estimate of drug-likeness (QED) is 0.534. The van der Waals surface area contributed by atoms with Crippen LogP contribution >= 0.6 is 0 Å². The number of halogens is 1. The number of nitrogens with one attached hydrogen (secondary N) is 1.